The van der Waals surface area contributed by atoms with Gasteiger partial charge in [0.1, 0.15) is 5.82 Å². The fourth-order valence-electron chi connectivity index (χ4n) is 1.97. The molecule has 0 fully saturated rings. The van der Waals surface area contributed by atoms with E-state index in [1.807, 2.05) is 0 Å². The van der Waals surface area contributed by atoms with E-state index in [1.165, 1.54) is 6.07 Å². The van der Waals surface area contributed by atoms with Gasteiger partial charge in [-0.25, -0.2) is 4.39 Å². The molecular formula is C15H23ClFN. The minimum absolute atomic E-state index is 0.136. The lowest BCUT2D eigenvalue weighted by Crippen LogP contribution is -2.33. The van der Waals surface area contributed by atoms with Crippen LogP contribution in [-0.4, -0.2) is 13.1 Å². The Kier molecular flexibility index (Phi) is 5.61. The zero-order valence-electron chi connectivity index (χ0n) is 11.7. The van der Waals surface area contributed by atoms with Crippen LogP contribution in [0.15, 0.2) is 18.2 Å². The molecule has 0 bridgehead atoms. The standard InChI is InChI=1S/C15H23ClFN/c1-5-18-10-12(15(2,3)4)8-11-9-13(16)6-7-14(11)17/h6-7,9,12,18H,5,8,10H2,1-4H3. The predicted octanol–water partition coefficient (Wildman–Crippen LogP) is 4.29. The summed E-state index contributed by atoms with van der Waals surface area (Å²) in [5.41, 5.74) is 0.844. The zero-order valence-corrected chi connectivity index (χ0v) is 12.4. The average molecular weight is 272 g/mol. The van der Waals surface area contributed by atoms with Gasteiger partial charge in [-0.3, -0.25) is 0 Å². The fraction of sp³-hybridized carbons (Fsp3) is 0.600. The van der Waals surface area contributed by atoms with Crippen molar-refractivity contribution in [1.82, 2.24) is 5.32 Å². The lowest BCUT2D eigenvalue weighted by Gasteiger charge is -2.31. The highest BCUT2D eigenvalue weighted by molar-refractivity contribution is 6.30. The van der Waals surface area contributed by atoms with Gasteiger partial charge in [-0.2, -0.15) is 0 Å². The van der Waals surface area contributed by atoms with Gasteiger partial charge in [0.15, 0.2) is 0 Å². The molecule has 0 aliphatic rings. The van der Waals surface area contributed by atoms with Gasteiger partial charge >= 0.3 is 0 Å². The third kappa shape index (κ3) is 4.58. The first-order chi connectivity index (χ1) is 8.34. The van der Waals surface area contributed by atoms with Crippen molar-refractivity contribution in [2.45, 2.75) is 34.1 Å². The molecule has 102 valence electrons. The minimum Gasteiger partial charge on any atom is -0.317 e. The molecule has 1 N–H and O–H groups in total. The molecule has 0 aliphatic carbocycles. The van der Waals surface area contributed by atoms with Gasteiger partial charge < -0.3 is 5.32 Å². The maximum Gasteiger partial charge on any atom is 0.126 e. The molecule has 18 heavy (non-hydrogen) atoms. The van der Waals surface area contributed by atoms with E-state index in [0.717, 1.165) is 13.1 Å². The number of halogens is 2. The number of hydrogen-bond donors (Lipinski definition) is 1. The summed E-state index contributed by atoms with van der Waals surface area (Å²) < 4.78 is 13.8. The van der Waals surface area contributed by atoms with E-state index < -0.39 is 0 Å². The van der Waals surface area contributed by atoms with Crippen molar-refractivity contribution in [3.05, 3.63) is 34.6 Å². The van der Waals surface area contributed by atoms with Gasteiger partial charge in [-0.05, 0) is 54.6 Å². The summed E-state index contributed by atoms with van der Waals surface area (Å²) >= 11 is 5.94. The molecule has 0 amide bonds. The molecule has 1 rings (SSSR count). The molecule has 0 spiro atoms. The Bertz CT molecular complexity index is 385. The molecule has 1 unspecified atom stereocenters. The van der Waals surface area contributed by atoms with Crippen LogP contribution in [0.25, 0.3) is 0 Å². The summed E-state index contributed by atoms with van der Waals surface area (Å²) in [5.74, 6) is 0.218. The molecule has 1 atom stereocenters. The molecule has 0 aromatic heterocycles. The Labute approximate surface area is 115 Å². The quantitative estimate of drug-likeness (QED) is 0.842. The molecule has 1 nitrogen and oxygen atoms in total. The Balaban J connectivity index is 2.85. The van der Waals surface area contributed by atoms with Crippen molar-refractivity contribution < 1.29 is 4.39 Å². The van der Waals surface area contributed by atoms with Crippen LogP contribution in [0, 0.1) is 17.2 Å². The van der Waals surface area contributed by atoms with Crippen LogP contribution in [0.5, 0.6) is 0 Å². The SMILES string of the molecule is CCNCC(Cc1cc(Cl)ccc1F)C(C)(C)C. The molecule has 1 aromatic rings. The van der Waals surface area contributed by atoms with Crippen LogP contribution in [0.1, 0.15) is 33.3 Å². The van der Waals surface area contributed by atoms with Crippen molar-refractivity contribution in [3.63, 3.8) is 0 Å². The van der Waals surface area contributed by atoms with Gasteiger partial charge in [0.05, 0.1) is 0 Å². The van der Waals surface area contributed by atoms with Gasteiger partial charge in [0.25, 0.3) is 0 Å². The van der Waals surface area contributed by atoms with Crippen LogP contribution in [0.3, 0.4) is 0 Å². The molecule has 0 aliphatic heterocycles. The summed E-state index contributed by atoms with van der Waals surface area (Å²) in [6.45, 7) is 10.5. The lowest BCUT2D eigenvalue weighted by molar-refractivity contribution is 0.230. The highest BCUT2D eigenvalue weighted by atomic mass is 35.5. The van der Waals surface area contributed by atoms with E-state index in [1.54, 1.807) is 12.1 Å². The van der Waals surface area contributed by atoms with E-state index in [2.05, 4.69) is 33.0 Å². The van der Waals surface area contributed by atoms with E-state index in [0.29, 0.717) is 22.9 Å². The average Bonchev–Trinajstić information content (AvgIpc) is 2.27. The van der Waals surface area contributed by atoms with Gasteiger partial charge in [0, 0.05) is 5.02 Å². The van der Waals surface area contributed by atoms with Crippen LogP contribution in [0.2, 0.25) is 5.02 Å². The molecule has 3 heteroatoms. The molecule has 0 saturated heterocycles. The Morgan fingerprint density at radius 2 is 2.00 bits per heavy atom. The number of benzene rings is 1. The topological polar surface area (TPSA) is 12.0 Å². The second-order valence-corrected chi connectivity index (χ2v) is 6.25. The van der Waals surface area contributed by atoms with Gasteiger partial charge in [-0.1, -0.05) is 39.3 Å². The van der Waals surface area contributed by atoms with E-state index >= 15 is 0 Å². The van der Waals surface area contributed by atoms with Crippen molar-refractivity contribution in [2.24, 2.45) is 11.3 Å². The zero-order chi connectivity index (χ0) is 13.8. The smallest absolute Gasteiger partial charge is 0.126 e. The summed E-state index contributed by atoms with van der Waals surface area (Å²) in [7, 11) is 0. The molecule has 0 saturated carbocycles. The third-order valence-corrected chi connectivity index (χ3v) is 3.57. The Morgan fingerprint density at radius 3 is 2.56 bits per heavy atom. The van der Waals surface area contributed by atoms with Crippen LogP contribution in [0.4, 0.5) is 4.39 Å². The maximum absolute atomic E-state index is 13.8. The van der Waals surface area contributed by atoms with Crippen molar-refractivity contribution in [1.29, 1.82) is 0 Å². The molecule has 0 heterocycles. The number of hydrogen-bond acceptors (Lipinski definition) is 1. The first kappa shape index (κ1) is 15.5. The minimum atomic E-state index is -0.162. The fourth-order valence-corrected chi connectivity index (χ4v) is 2.16. The van der Waals surface area contributed by atoms with Gasteiger partial charge in [0.2, 0.25) is 0 Å². The van der Waals surface area contributed by atoms with Crippen molar-refractivity contribution in [3.8, 4) is 0 Å². The first-order valence-electron chi connectivity index (χ1n) is 6.49. The Hall–Kier alpha value is -0.600. The first-order valence-corrected chi connectivity index (χ1v) is 6.87. The monoisotopic (exact) mass is 271 g/mol. The lowest BCUT2D eigenvalue weighted by atomic mass is 9.77. The van der Waals surface area contributed by atoms with Crippen LogP contribution < -0.4 is 5.32 Å². The second kappa shape index (κ2) is 6.53. The van der Waals surface area contributed by atoms with E-state index in [9.17, 15) is 4.39 Å². The Morgan fingerprint density at radius 1 is 1.33 bits per heavy atom. The summed E-state index contributed by atoms with van der Waals surface area (Å²) in [6.07, 6.45) is 0.711. The number of rotatable bonds is 5. The third-order valence-electron chi connectivity index (χ3n) is 3.34. The molecular weight excluding hydrogens is 249 g/mol. The summed E-state index contributed by atoms with van der Waals surface area (Å²) in [6, 6.07) is 4.78. The van der Waals surface area contributed by atoms with Crippen LogP contribution >= 0.6 is 11.6 Å². The normalized spacial score (nSPS) is 13.7. The number of nitrogens with one attached hydrogen (secondary N) is 1. The molecule has 0 radical (unpaired) electrons. The second-order valence-electron chi connectivity index (χ2n) is 5.81. The predicted molar refractivity (Wildman–Crippen MR) is 76.6 cm³/mol. The molecule has 1 aromatic carbocycles. The summed E-state index contributed by atoms with van der Waals surface area (Å²) in [5, 5.41) is 3.95. The maximum atomic E-state index is 13.8. The largest absolute Gasteiger partial charge is 0.317 e. The van der Waals surface area contributed by atoms with E-state index in [-0.39, 0.29) is 11.2 Å². The van der Waals surface area contributed by atoms with Crippen molar-refractivity contribution in [2.75, 3.05) is 13.1 Å². The highest BCUT2D eigenvalue weighted by Crippen LogP contribution is 2.30. The van der Waals surface area contributed by atoms with Gasteiger partial charge in [-0.15, -0.1) is 0 Å². The van der Waals surface area contributed by atoms with E-state index in [4.69, 9.17) is 11.6 Å². The highest BCUT2D eigenvalue weighted by Gasteiger charge is 2.25. The van der Waals surface area contributed by atoms with Crippen molar-refractivity contribution >= 4 is 11.6 Å². The van der Waals surface area contributed by atoms with Crippen LogP contribution in [-0.2, 0) is 6.42 Å². The summed E-state index contributed by atoms with van der Waals surface area (Å²) in [4.78, 5) is 0.